The first-order valence-corrected chi connectivity index (χ1v) is 7.18. The van der Waals surface area contributed by atoms with Crippen molar-refractivity contribution >= 4 is 37.4 Å². The van der Waals surface area contributed by atoms with Crippen molar-refractivity contribution in [2.24, 2.45) is 0 Å². The van der Waals surface area contributed by atoms with Crippen molar-refractivity contribution in [2.75, 3.05) is 11.9 Å². The van der Waals surface area contributed by atoms with E-state index < -0.39 is 21.1 Å². The summed E-state index contributed by atoms with van der Waals surface area (Å²) in [4.78, 5) is 11.0. The van der Waals surface area contributed by atoms with E-state index in [1.54, 1.807) is 13.0 Å². The van der Waals surface area contributed by atoms with Crippen molar-refractivity contribution in [1.29, 1.82) is 0 Å². The molecule has 0 saturated heterocycles. The first-order chi connectivity index (χ1) is 7.84. The van der Waals surface area contributed by atoms with Gasteiger partial charge < -0.3 is 10.4 Å². The fraction of sp³-hybridized carbons (Fsp3) is 0.300. The number of halogens is 1. The second-order valence-electron chi connectivity index (χ2n) is 3.87. The van der Waals surface area contributed by atoms with Gasteiger partial charge >= 0.3 is 5.97 Å². The molecule has 0 spiro atoms. The third-order valence-corrected chi connectivity index (χ3v) is 5.30. The van der Waals surface area contributed by atoms with E-state index in [9.17, 15) is 13.2 Å². The molecular weight excluding hydrogens is 310 g/mol. The molecule has 2 N–H and O–H groups in total. The minimum atomic E-state index is -3.82. The lowest BCUT2D eigenvalue weighted by atomic mass is 10.2. The number of nitrogens with one attached hydrogen (secondary N) is 1. The van der Waals surface area contributed by atoms with Crippen LogP contribution in [0.15, 0.2) is 21.5 Å². The number of rotatable bonds is 1. The maximum atomic E-state index is 12.1. The van der Waals surface area contributed by atoms with Crippen molar-refractivity contribution in [1.82, 2.24) is 0 Å². The van der Waals surface area contributed by atoms with Crippen LogP contribution < -0.4 is 5.32 Å². The number of fused-ring (bicyclic) bond motifs is 1. The SMILES string of the molecule is Cc1cc(Br)c2c(c1)S(=O)(=O)C(C(=O)O)CN2. The van der Waals surface area contributed by atoms with E-state index in [0.29, 0.717) is 10.2 Å². The van der Waals surface area contributed by atoms with Gasteiger partial charge in [-0.25, -0.2) is 8.42 Å². The largest absolute Gasteiger partial charge is 0.480 e. The van der Waals surface area contributed by atoms with Gasteiger partial charge in [-0.05, 0) is 40.5 Å². The minimum Gasteiger partial charge on any atom is -0.480 e. The molecule has 0 saturated carbocycles. The van der Waals surface area contributed by atoms with Crippen LogP contribution >= 0.6 is 15.9 Å². The molecule has 1 unspecified atom stereocenters. The van der Waals surface area contributed by atoms with E-state index in [1.807, 2.05) is 0 Å². The highest BCUT2D eigenvalue weighted by Crippen LogP contribution is 2.36. The number of sulfone groups is 1. The van der Waals surface area contributed by atoms with Gasteiger partial charge in [-0.2, -0.15) is 0 Å². The summed E-state index contributed by atoms with van der Waals surface area (Å²) in [5, 5.41) is 10.3. The van der Waals surface area contributed by atoms with E-state index in [2.05, 4.69) is 21.2 Å². The maximum absolute atomic E-state index is 12.1. The third kappa shape index (κ3) is 1.93. The van der Waals surface area contributed by atoms with E-state index in [0.717, 1.165) is 5.56 Å². The molecule has 5 nitrogen and oxygen atoms in total. The zero-order valence-electron chi connectivity index (χ0n) is 8.90. The van der Waals surface area contributed by atoms with E-state index in [1.165, 1.54) is 6.07 Å². The molecule has 0 bridgehead atoms. The molecule has 17 heavy (non-hydrogen) atoms. The Morgan fingerprint density at radius 1 is 1.53 bits per heavy atom. The average Bonchev–Trinajstić information content (AvgIpc) is 2.18. The Bertz CT molecular complexity index is 597. The number of carboxylic acids is 1. The number of hydrogen-bond donors (Lipinski definition) is 2. The van der Waals surface area contributed by atoms with Crippen LogP contribution in [0.3, 0.4) is 0 Å². The third-order valence-electron chi connectivity index (χ3n) is 2.62. The Morgan fingerprint density at radius 2 is 2.18 bits per heavy atom. The molecule has 1 aliphatic heterocycles. The average molecular weight is 320 g/mol. The molecule has 0 aliphatic carbocycles. The van der Waals surface area contributed by atoms with E-state index in [-0.39, 0.29) is 11.4 Å². The lowest BCUT2D eigenvalue weighted by Crippen LogP contribution is -2.40. The second kappa shape index (κ2) is 3.99. The first kappa shape index (κ1) is 12.4. The molecule has 1 aliphatic rings. The Kier molecular flexibility index (Phi) is 2.90. The van der Waals surface area contributed by atoms with Crippen LogP contribution in [0.1, 0.15) is 5.56 Å². The van der Waals surface area contributed by atoms with Crippen LogP contribution in [0.4, 0.5) is 5.69 Å². The number of aryl methyl sites for hydroxylation is 1. The van der Waals surface area contributed by atoms with Gasteiger partial charge in [0.2, 0.25) is 0 Å². The molecular formula is C10H10BrNO4S. The molecule has 0 fully saturated rings. The predicted molar refractivity (Wildman–Crippen MR) is 66.0 cm³/mol. The fourth-order valence-electron chi connectivity index (χ4n) is 1.78. The number of benzene rings is 1. The van der Waals surface area contributed by atoms with Crippen molar-refractivity contribution in [2.45, 2.75) is 17.1 Å². The van der Waals surface area contributed by atoms with Gasteiger partial charge in [0.25, 0.3) is 0 Å². The molecule has 2 rings (SSSR count). The predicted octanol–water partition coefficient (Wildman–Crippen LogP) is 1.41. The van der Waals surface area contributed by atoms with Crippen molar-refractivity contribution < 1.29 is 18.3 Å². The maximum Gasteiger partial charge on any atom is 0.324 e. The van der Waals surface area contributed by atoms with Gasteiger partial charge in [-0.15, -0.1) is 0 Å². The van der Waals surface area contributed by atoms with Crippen LogP contribution in [-0.2, 0) is 14.6 Å². The smallest absolute Gasteiger partial charge is 0.324 e. The highest BCUT2D eigenvalue weighted by molar-refractivity contribution is 9.10. The normalized spacial score (nSPS) is 21.4. The standard InChI is InChI=1S/C10H10BrNO4S/c1-5-2-6(11)9-7(3-5)17(15,16)8(4-12-9)10(13)14/h2-3,8,12H,4H2,1H3,(H,13,14). The molecule has 0 amide bonds. The number of carboxylic acid groups (broad SMARTS) is 1. The van der Waals surface area contributed by atoms with Gasteiger partial charge in [0.1, 0.15) is 0 Å². The van der Waals surface area contributed by atoms with Gasteiger partial charge in [0, 0.05) is 11.0 Å². The molecule has 0 aromatic heterocycles. The topological polar surface area (TPSA) is 83.5 Å². The molecule has 1 aromatic carbocycles. The lowest BCUT2D eigenvalue weighted by Gasteiger charge is -2.24. The van der Waals surface area contributed by atoms with Gasteiger partial charge in [0.15, 0.2) is 15.1 Å². The summed E-state index contributed by atoms with van der Waals surface area (Å²) in [6.07, 6.45) is 0. The summed E-state index contributed by atoms with van der Waals surface area (Å²) < 4.78 is 24.8. The summed E-state index contributed by atoms with van der Waals surface area (Å²) in [7, 11) is -3.82. The van der Waals surface area contributed by atoms with Crippen molar-refractivity contribution in [3.05, 3.63) is 22.2 Å². The number of hydrogen-bond acceptors (Lipinski definition) is 4. The van der Waals surface area contributed by atoms with E-state index >= 15 is 0 Å². The summed E-state index contributed by atoms with van der Waals surface area (Å²) in [6, 6.07) is 3.26. The van der Waals surface area contributed by atoms with Gasteiger partial charge in [0.05, 0.1) is 10.6 Å². The van der Waals surface area contributed by atoms with Crippen LogP contribution in [0.5, 0.6) is 0 Å². The first-order valence-electron chi connectivity index (χ1n) is 4.85. The summed E-state index contributed by atoms with van der Waals surface area (Å²) in [5.74, 6) is -1.33. The molecule has 1 aromatic rings. The Labute approximate surface area is 107 Å². The Morgan fingerprint density at radius 3 is 2.76 bits per heavy atom. The highest BCUT2D eigenvalue weighted by atomic mass is 79.9. The van der Waals surface area contributed by atoms with Crippen molar-refractivity contribution in [3.63, 3.8) is 0 Å². The molecule has 92 valence electrons. The van der Waals surface area contributed by atoms with Gasteiger partial charge in [-0.3, -0.25) is 4.79 Å². The molecule has 0 radical (unpaired) electrons. The van der Waals surface area contributed by atoms with Crippen molar-refractivity contribution in [3.8, 4) is 0 Å². The summed E-state index contributed by atoms with van der Waals surface area (Å²) >= 11 is 3.27. The second-order valence-corrected chi connectivity index (χ2v) is 6.83. The van der Waals surface area contributed by atoms with Crippen LogP contribution in [-0.4, -0.2) is 31.3 Å². The minimum absolute atomic E-state index is 0.0445. The lowest BCUT2D eigenvalue weighted by molar-refractivity contribution is -0.136. The molecule has 1 atom stereocenters. The van der Waals surface area contributed by atoms with Crippen LogP contribution in [0.25, 0.3) is 0 Å². The Hall–Kier alpha value is -1.08. The number of carbonyl (C=O) groups is 1. The number of aliphatic carboxylic acids is 1. The fourth-order valence-corrected chi connectivity index (χ4v) is 4.32. The van der Waals surface area contributed by atoms with Crippen LogP contribution in [0.2, 0.25) is 0 Å². The summed E-state index contributed by atoms with van der Waals surface area (Å²) in [6.45, 7) is 1.64. The molecule has 1 heterocycles. The highest BCUT2D eigenvalue weighted by Gasteiger charge is 2.39. The zero-order chi connectivity index (χ0) is 12.8. The van der Waals surface area contributed by atoms with E-state index in [4.69, 9.17) is 5.11 Å². The Balaban J connectivity index is 2.69. The summed E-state index contributed by atoms with van der Waals surface area (Å²) in [5.41, 5.74) is 1.19. The van der Waals surface area contributed by atoms with Gasteiger partial charge in [-0.1, -0.05) is 0 Å². The molecule has 7 heteroatoms. The monoisotopic (exact) mass is 319 g/mol. The number of anilines is 1. The van der Waals surface area contributed by atoms with Crippen LogP contribution in [0, 0.1) is 6.92 Å². The zero-order valence-corrected chi connectivity index (χ0v) is 11.3. The quantitative estimate of drug-likeness (QED) is 0.817.